The Balaban J connectivity index is 0.00000243. The molecule has 1 aliphatic rings. The van der Waals surface area contributed by atoms with Crippen molar-refractivity contribution in [2.75, 3.05) is 26.7 Å². The van der Waals surface area contributed by atoms with Gasteiger partial charge in [-0.05, 0) is 36.2 Å². The molecular weight excluding hydrogens is 350 g/mol. The summed E-state index contributed by atoms with van der Waals surface area (Å²) >= 11 is 0. The van der Waals surface area contributed by atoms with Crippen molar-refractivity contribution in [3.63, 3.8) is 0 Å². The van der Waals surface area contributed by atoms with Crippen LogP contribution in [-0.4, -0.2) is 43.4 Å². The number of amides is 2. The highest BCUT2D eigenvalue weighted by molar-refractivity contribution is 5.99. The van der Waals surface area contributed by atoms with Gasteiger partial charge in [-0.15, -0.1) is 12.4 Å². The molecule has 3 rings (SSSR count). The van der Waals surface area contributed by atoms with E-state index in [2.05, 4.69) is 17.4 Å². The maximum atomic E-state index is 12.9. The van der Waals surface area contributed by atoms with Crippen LogP contribution in [-0.2, 0) is 0 Å². The summed E-state index contributed by atoms with van der Waals surface area (Å²) in [4.78, 5) is 26.5. The second-order valence-corrected chi connectivity index (χ2v) is 6.38. The highest BCUT2D eigenvalue weighted by atomic mass is 35.5. The van der Waals surface area contributed by atoms with Crippen molar-refractivity contribution in [1.29, 1.82) is 0 Å². The molecule has 0 aliphatic carbocycles. The molecule has 26 heavy (non-hydrogen) atoms. The van der Waals surface area contributed by atoms with Crippen molar-refractivity contribution in [2.45, 2.75) is 5.92 Å². The zero-order valence-electron chi connectivity index (χ0n) is 14.7. The largest absolute Gasteiger partial charge is 0.355 e. The normalized spacial score (nSPS) is 18.9. The van der Waals surface area contributed by atoms with Crippen LogP contribution in [0.3, 0.4) is 0 Å². The second kappa shape index (κ2) is 8.83. The topological polar surface area (TPSA) is 75.4 Å². The van der Waals surface area contributed by atoms with Gasteiger partial charge in [0, 0.05) is 37.2 Å². The molecule has 1 saturated heterocycles. The Morgan fingerprint density at radius 2 is 1.77 bits per heavy atom. The van der Waals surface area contributed by atoms with Crippen LogP contribution < -0.4 is 11.1 Å². The van der Waals surface area contributed by atoms with Gasteiger partial charge in [0.05, 0.1) is 0 Å². The average molecular weight is 374 g/mol. The Bertz CT molecular complexity index is 767. The van der Waals surface area contributed by atoms with Crippen LogP contribution in [0.1, 0.15) is 32.2 Å². The van der Waals surface area contributed by atoms with E-state index in [-0.39, 0.29) is 36.1 Å². The molecule has 2 amide bonds. The SMILES string of the molecule is CNC(=O)c1cccc(C(=O)N2C[C@@H](CN)[C@H](c3ccccc3)C2)c1.Cl. The molecule has 2 atom stereocenters. The monoisotopic (exact) mass is 373 g/mol. The first-order valence-corrected chi connectivity index (χ1v) is 8.50. The number of rotatable bonds is 4. The Labute approximate surface area is 160 Å². The zero-order valence-corrected chi connectivity index (χ0v) is 15.5. The van der Waals surface area contributed by atoms with Crippen molar-refractivity contribution in [1.82, 2.24) is 10.2 Å². The van der Waals surface area contributed by atoms with E-state index in [0.717, 1.165) is 0 Å². The van der Waals surface area contributed by atoms with Crippen LogP contribution in [0.5, 0.6) is 0 Å². The molecule has 2 aromatic carbocycles. The van der Waals surface area contributed by atoms with Gasteiger partial charge in [-0.2, -0.15) is 0 Å². The minimum absolute atomic E-state index is 0. The quantitative estimate of drug-likeness (QED) is 0.863. The molecule has 0 saturated carbocycles. The molecule has 2 aromatic rings. The number of halogens is 1. The lowest BCUT2D eigenvalue weighted by atomic mass is 9.89. The number of carbonyl (C=O) groups is 2. The van der Waals surface area contributed by atoms with Crippen molar-refractivity contribution < 1.29 is 9.59 Å². The fraction of sp³-hybridized carbons (Fsp3) is 0.300. The van der Waals surface area contributed by atoms with Crippen molar-refractivity contribution in [2.24, 2.45) is 11.7 Å². The Morgan fingerprint density at radius 1 is 1.08 bits per heavy atom. The number of hydrogen-bond donors (Lipinski definition) is 2. The van der Waals surface area contributed by atoms with Crippen LogP contribution in [0.2, 0.25) is 0 Å². The molecule has 5 nitrogen and oxygen atoms in total. The number of likely N-dealkylation sites (tertiary alicyclic amines) is 1. The van der Waals surface area contributed by atoms with E-state index in [1.807, 2.05) is 23.1 Å². The highest BCUT2D eigenvalue weighted by Crippen LogP contribution is 2.32. The average Bonchev–Trinajstić information content (AvgIpc) is 3.12. The van der Waals surface area contributed by atoms with Gasteiger partial charge in [0.1, 0.15) is 0 Å². The number of nitrogens with zero attached hydrogens (tertiary/aromatic N) is 1. The first-order valence-electron chi connectivity index (χ1n) is 8.50. The molecule has 0 spiro atoms. The van der Waals surface area contributed by atoms with Gasteiger partial charge in [0.15, 0.2) is 0 Å². The fourth-order valence-electron chi connectivity index (χ4n) is 3.47. The van der Waals surface area contributed by atoms with E-state index in [0.29, 0.717) is 30.8 Å². The molecule has 1 heterocycles. The van der Waals surface area contributed by atoms with Crippen LogP contribution in [0.25, 0.3) is 0 Å². The lowest BCUT2D eigenvalue weighted by Gasteiger charge is -2.17. The Morgan fingerprint density at radius 3 is 2.42 bits per heavy atom. The summed E-state index contributed by atoms with van der Waals surface area (Å²) in [6.07, 6.45) is 0. The number of hydrogen-bond acceptors (Lipinski definition) is 3. The predicted molar refractivity (Wildman–Crippen MR) is 105 cm³/mol. The van der Waals surface area contributed by atoms with Crippen LogP contribution >= 0.6 is 12.4 Å². The third-order valence-electron chi connectivity index (χ3n) is 4.86. The molecule has 0 unspecified atom stereocenters. The van der Waals surface area contributed by atoms with Crippen LogP contribution in [0.4, 0.5) is 0 Å². The van der Waals surface area contributed by atoms with Crippen molar-refractivity contribution in [3.8, 4) is 0 Å². The van der Waals surface area contributed by atoms with E-state index in [4.69, 9.17) is 5.73 Å². The Kier molecular flexibility index (Phi) is 6.77. The van der Waals surface area contributed by atoms with Crippen LogP contribution in [0.15, 0.2) is 54.6 Å². The van der Waals surface area contributed by atoms with Gasteiger partial charge in [-0.1, -0.05) is 36.4 Å². The first-order chi connectivity index (χ1) is 12.1. The molecule has 0 bridgehead atoms. The van der Waals surface area contributed by atoms with E-state index in [1.54, 1.807) is 31.3 Å². The first kappa shape index (κ1) is 19.9. The van der Waals surface area contributed by atoms with E-state index in [1.165, 1.54) is 5.56 Å². The van der Waals surface area contributed by atoms with Crippen LogP contribution in [0, 0.1) is 5.92 Å². The van der Waals surface area contributed by atoms with Crippen molar-refractivity contribution in [3.05, 3.63) is 71.3 Å². The molecule has 0 radical (unpaired) electrons. The summed E-state index contributed by atoms with van der Waals surface area (Å²) < 4.78 is 0. The number of nitrogens with one attached hydrogen (secondary N) is 1. The van der Waals surface area contributed by atoms with Gasteiger partial charge in [-0.25, -0.2) is 0 Å². The summed E-state index contributed by atoms with van der Waals surface area (Å²) in [7, 11) is 1.58. The smallest absolute Gasteiger partial charge is 0.253 e. The van der Waals surface area contributed by atoms with Gasteiger partial charge < -0.3 is 16.0 Å². The summed E-state index contributed by atoms with van der Waals surface area (Å²) in [5, 5.41) is 2.58. The van der Waals surface area contributed by atoms with Gasteiger partial charge in [0.2, 0.25) is 0 Å². The van der Waals surface area contributed by atoms with Gasteiger partial charge in [0.25, 0.3) is 11.8 Å². The van der Waals surface area contributed by atoms with Crippen molar-refractivity contribution >= 4 is 24.2 Å². The van der Waals surface area contributed by atoms with Gasteiger partial charge >= 0.3 is 0 Å². The minimum Gasteiger partial charge on any atom is -0.355 e. The molecule has 6 heteroatoms. The maximum absolute atomic E-state index is 12.9. The maximum Gasteiger partial charge on any atom is 0.253 e. The number of nitrogens with two attached hydrogens (primary N) is 1. The summed E-state index contributed by atoms with van der Waals surface area (Å²) in [6.45, 7) is 1.83. The number of carbonyl (C=O) groups excluding carboxylic acids is 2. The molecule has 1 aliphatic heterocycles. The molecule has 3 N–H and O–H groups in total. The van der Waals surface area contributed by atoms with Gasteiger partial charge in [-0.3, -0.25) is 9.59 Å². The predicted octanol–water partition coefficient (Wildman–Crippen LogP) is 2.28. The lowest BCUT2D eigenvalue weighted by molar-refractivity contribution is 0.0786. The van der Waals surface area contributed by atoms with E-state index < -0.39 is 0 Å². The summed E-state index contributed by atoms with van der Waals surface area (Å²) in [6, 6.07) is 17.0. The van der Waals surface area contributed by atoms with E-state index in [9.17, 15) is 9.59 Å². The third kappa shape index (κ3) is 4.06. The molecule has 138 valence electrons. The summed E-state index contributed by atoms with van der Waals surface area (Å²) in [5.74, 6) is 0.242. The number of benzene rings is 2. The summed E-state index contributed by atoms with van der Waals surface area (Å²) in [5.41, 5.74) is 8.19. The lowest BCUT2D eigenvalue weighted by Crippen LogP contribution is -2.30. The minimum atomic E-state index is -0.196. The third-order valence-corrected chi connectivity index (χ3v) is 4.86. The zero-order chi connectivity index (χ0) is 17.8. The highest BCUT2D eigenvalue weighted by Gasteiger charge is 2.35. The fourth-order valence-corrected chi connectivity index (χ4v) is 3.47. The van der Waals surface area contributed by atoms with E-state index >= 15 is 0 Å². The standard InChI is InChI=1S/C20H23N3O2.ClH/c1-22-19(24)15-8-5-9-16(10-15)20(25)23-12-17(11-21)18(13-23)14-6-3-2-4-7-14;/h2-10,17-18H,11-13,21H2,1H3,(H,22,24);1H/t17-,18+;/m1./s1. The molecular formula is C20H24ClN3O2. The molecule has 0 aromatic heterocycles. The Hall–Kier alpha value is -2.37. The molecule has 1 fully saturated rings. The second-order valence-electron chi connectivity index (χ2n) is 6.38.